The molecule has 0 saturated carbocycles. The summed E-state index contributed by atoms with van der Waals surface area (Å²) in [5.41, 5.74) is 15.4. The van der Waals surface area contributed by atoms with Crippen LogP contribution in [0.15, 0.2) is 247 Å². The van der Waals surface area contributed by atoms with Gasteiger partial charge < -0.3 is 13.9 Å². The van der Waals surface area contributed by atoms with Gasteiger partial charge in [-0.15, -0.1) is 0 Å². The Bertz CT molecular complexity index is 3900. The molecule has 0 aliphatic rings. The van der Waals surface area contributed by atoms with E-state index in [1.54, 1.807) is 0 Å². The molecule has 0 aliphatic heterocycles. The minimum Gasteiger partial charge on any atom is -0.456 e. The molecule has 0 unspecified atom stereocenters. The number of anilines is 3. The molecule has 2 aromatic heterocycles. The highest BCUT2D eigenvalue weighted by atomic mass is 16.3. The molecule has 0 radical (unpaired) electrons. The Labute approximate surface area is 376 Å². The standard InChI is InChI=1S/C62H40N2O/c1-2-16-41(17-3-1)49-36-32-44(55-38-43-18-4-5-19-47(43)50-21-6-7-22-51(50)55)39-60(49)63(46-35-37-62-56(40-46)54-25-11-15-29-61(54)65-62)45-33-30-42(31-34-45)48-20-8-12-26-57(48)64-58-27-13-9-23-52(58)53-24-10-14-28-59(53)64/h1-40H. The van der Waals surface area contributed by atoms with Crippen molar-refractivity contribution in [1.29, 1.82) is 0 Å². The lowest BCUT2D eigenvalue weighted by Gasteiger charge is -2.29. The molecule has 0 spiro atoms. The van der Waals surface area contributed by atoms with Gasteiger partial charge in [-0.3, -0.25) is 0 Å². The van der Waals surface area contributed by atoms with E-state index >= 15 is 0 Å². The first-order valence-electron chi connectivity index (χ1n) is 22.2. The molecule has 0 amide bonds. The summed E-state index contributed by atoms with van der Waals surface area (Å²) in [5.74, 6) is 0. The van der Waals surface area contributed by atoms with Crippen LogP contribution in [0.25, 0.3) is 104 Å². The fourth-order valence-corrected chi connectivity index (χ4v) is 10.2. The first-order valence-corrected chi connectivity index (χ1v) is 22.2. The van der Waals surface area contributed by atoms with Gasteiger partial charge in [-0.2, -0.15) is 0 Å². The van der Waals surface area contributed by atoms with Crippen LogP contribution in [-0.4, -0.2) is 4.57 Å². The molecular weight excluding hydrogens is 789 g/mol. The molecule has 3 heteroatoms. The van der Waals surface area contributed by atoms with Crippen LogP contribution in [0.3, 0.4) is 0 Å². The molecule has 11 aromatic carbocycles. The van der Waals surface area contributed by atoms with E-state index in [1.165, 1.54) is 54.5 Å². The Kier molecular flexibility index (Phi) is 8.53. The zero-order chi connectivity index (χ0) is 42.8. The lowest BCUT2D eigenvalue weighted by atomic mass is 9.91. The van der Waals surface area contributed by atoms with Crippen LogP contribution in [0.5, 0.6) is 0 Å². The van der Waals surface area contributed by atoms with E-state index in [-0.39, 0.29) is 0 Å². The minimum absolute atomic E-state index is 0.867. The Morgan fingerprint density at radius 1 is 0.308 bits per heavy atom. The molecule has 13 rings (SSSR count). The molecule has 13 aromatic rings. The third kappa shape index (κ3) is 6.05. The second-order valence-corrected chi connectivity index (χ2v) is 16.8. The van der Waals surface area contributed by atoms with Gasteiger partial charge in [0, 0.05) is 44.0 Å². The first kappa shape index (κ1) is 36.9. The summed E-state index contributed by atoms with van der Waals surface area (Å²) in [5, 5.41) is 9.64. The molecule has 65 heavy (non-hydrogen) atoms. The molecule has 3 nitrogen and oxygen atoms in total. The van der Waals surface area contributed by atoms with Gasteiger partial charge in [-0.05, 0) is 111 Å². The summed E-state index contributed by atoms with van der Waals surface area (Å²) in [6, 6.07) is 87.9. The smallest absolute Gasteiger partial charge is 0.135 e. The van der Waals surface area contributed by atoms with E-state index in [9.17, 15) is 0 Å². The minimum atomic E-state index is 0.867. The summed E-state index contributed by atoms with van der Waals surface area (Å²) in [7, 11) is 0. The average Bonchev–Trinajstić information content (AvgIpc) is 3.92. The summed E-state index contributed by atoms with van der Waals surface area (Å²) < 4.78 is 8.80. The number of benzene rings is 11. The number of rotatable bonds is 7. The lowest BCUT2D eigenvalue weighted by molar-refractivity contribution is 0.669. The van der Waals surface area contributed by atoms with E-state index < -0.39 is 0 Å². The zero-order valence-electron chi connectivity index (χ0n) is 35.4. The Morgan fingerprint density at radius 2 is 0.877 bits per heavy atom. The molecule has 2 heterocycles. The maximum absolute atomic E-state index is 6.38. The van der Waals surface area contributed by atoms with Crippen LogP contribution in [0.4, 0.5) is 17.1 Å². The fourth-order valence-electron chi connectivity index (χ4n) is 10.2. The number of aromatic nitrogens is 1. The second-order valence-electron chi connectivity index (χ2n) is 16.8. The van der Waals surface area contributed by atoms with Crippen LogP contribution in [0.1, 0.15) is 0 Å². The third-order valence-corrected chi connectivity index (χ3v) is 13.2. The van der Waals surface area contributed by atoms with Crippen LogP contribution in [0, 0.1) is 0 Å². The van der Waals surface area contributed by atoms with Crippen molar-refractivity contribution in [3.05, 3.63) is 243 Å². The van der Waals surface area contributed by atoms with Gasteiger partial charge in [-0.1, -0.05) is 176 Å². The number of nitrogens with zero attached hydrogens (tertiary/aromatic N) is 2. The lowest BCUT2D eigenvalue weighted by Crippen LogP contribution is -2.11. The van der Waals surface area contributed by atoms with Crippen LogP contribution in [-0.2, 0) is 0 Å². The van der Waals surface area contributed by atoms with Crippen molar-refractivity contribution in [2.45, 2.75) is 0 Å². The number of hydrogen-bond acceptors (Lipinski definition) is 2. The van der Waals surface area contributed by atoms with Crippen LogP contribution in [0.2, 0.25) is 0 Å². The quantitative estimate of drug-likeness (QED) is 0.149. The third-order valence-electron chi connectivity index (χ3n) is 13.2. The second kappa shape index (κ2) is 15.0. The number of hydrogen-bond donors (Lipinski definition) is 0. The molecule has 0 atom stereocenters. The van der Waals surface area contributed by atoms with E-state index in [1.807, 2.05) is 12.1 Å². The number of furan rings is 1. The van der Waals surface area contributed by atoms with Crippen molar-refractivity contribution >= 4 is 82.4 Å². The van der Waals surface area contributed by atoms with E-state index in [0.717, 1.165) is 66.9 Å². The van der Waals surface area contributed by atoms with Gasteiger partial charge in [0.05, 0.1) is 22.4 Å². The predicted molar refractivity (Wildman–Crippen MR) is 274 cm³/mol. The Hall–Kier alpha value is -8.66. The fraction of sp³-hybridized carbons (Fsp3) is 0. The molecular formula is C62H40N2O. The van der Waals surface area contributed by atoms with Gasteiger partial charge in [0.2, 0.25) is 0 Å². The van der Waals surface area contributed by atoms with E-state index in [4.69, 9.17) is 4.42 Å². The van der Waals surface area contributed by atoms with E-state index in [2.05, 4.69) is 240 Å². The topological polar surface area (TPSA) is 21.3 Å². The van der Waals surface area contributed by atoms with Gasteiger partial charge >= 0.3 is 0 Å². The summed E-state index contributed by atoms with van der Waals surface area (Å²) in [6.07, 6.45) is 0. The Balaban J connectivity index is 1.04. The summed E-state index contributed by atoms with van der Waals surface area (Å²) in [4.78, 5) is 2.43. The first-order chi connectivity index (χ1) is 32.2. The average molecular weight is 829 g/mol. The van der Waals surface area contributed by atoms with Crippen molar-refractivity contribution in [3.63, 3.8) is 0 Å². The van der Waals surface area contributed by atoms with Crippen molar-refractivity contribution < 1.29 is 4.42 Å². The van der Waals surface area contributed by atoms with Gasteiger partial charge in [0.25, 0.3) is 0 Å². The maximum atomic E-state index is 6.38. The maximum Gasteiger partial charge on any atom is 0.135 e. The van der Waals surface area contributed by atoms with Crippen molar-refractivity contribution in [2.75, 3.05) is 4.90 Å². The summed E-state index contributed by atoms with van der Waals surface area (Å²) >= 11 is 0. The number of fused-ring (bicyclic) bond motifs is 9. The summed E-state index contributed by atoms with van der Waals surface area (Å²) in [6.45, 7) is 0. The van der Waals surface area contributed by atoms with Crippen LogP contribution >= 0.6 is 0 Å². The van der Waals surface area contributed by atoms with Gasteiger partial charge in [-0.25, -0.2) is 0 Å². The van der Waals surface area contributed by atoms with Gasteiger partial charge in [0.1, 0.15) is 11.2 Å². The van der Waals surface area contributed by atoms with Crippen molar-refractivity contribution in [3.8, 4) is 39.1 Å². The normalized spacial score (nSPS) is 11.7. The highest BCUT2D eigenvalue weighted by Gasteiger charge is 2.22. The molecule has 0 saturated heterocycles. The monoisotopic (exact) mass is 828 g/mol. The molecule has 0 fully saturated rings. The SMILES string of the molecule is c1ccc(-c2ccc(-c3cc4ccccc4c4ccccc34)cc2N(c2ccc(-c3ccccc3-n3c4ccccc4c4ccccc43)cc2)c2ccc3oc4ccccc4c3c2)cc1. The van der Waals surface area contributed by atoms with Crippen molar-refractivity contribution in [2.24, 2.45) is 0 Å². The van der Waals surface area contributed by atoms with Crippen LogP contribution < -0.4 is 4.90 Å². The van der Waals surface area contributed by atoms with E-state index in [0.29, 0.717) is 0 Å². The molecule has 0 bridgehead atoms. The largest absolute Gasteiger partial charge is 0.456 e. The molecule has 0 N–H and O–H groups in total. The predicted octanol–water partition coefficient (Wildman–Crippen LogP) is 17.5. The highest BCUT2D eigenvalue weighted by Crippen LogP contribution is 2.46. The number of para-hydroxylation sites is 4. The molecule has 304 valence electrons. The zero-order valence-corrected chi connectivity index (χ0v) is 35.4. The molecule has 0 aliphatic carbocycles. The van der Waals surface area contributed by atoms with Gasteiger partial charge in [0.15, 0.2) is 0 Å². The Morgan fingerprint density at radius 3 is 1.66 bits per heavy atom. The highest BCUT2D eigenvalue weighted by molar-refractivity contribution is 6.14. The van der Waals surface area contributed by atoms with Crippen molar-refractivity contribution in [1.82, 2.24) is 4.57 Å².